The topological polar surface area (TPSA) is 100 Å². The zero-order chi connectivity index (χ0) is 21.3. The van der Waals surface area contributed by atoms with Crippen LogP contribution in [-0.4, -0.2) is 17.7 Å². The highest BCUT2D eigenvalue weighted by atomic mass is 32.1. The third kappa shape index (κ3) is 6.31. The Morgan fingerprint density at radius 3 is 2.60 bits per heavy atom. The lowest BCUT2D eigenvalue weighted by Gasteiger charge is -2.16. The van der Waals surface area contributed by atoms with E-state index in [1.165, 1.54) is 18.3 Å². The van der Waals surface area contributed by atoms with Gasteiger partial charge in [0, 0.05) is 23.9 Å². The highest BCUT2D eigenvalue weighted by Gasteiger charge is 2.18. The number of hydrogen-bond acceptors (Lipinski definition) is 5. The minimum absolute atomic E-state index is 0.142. The molecule has 3 rings (SSSR count). The molecule has 0 aliphatic rings. The first-order valence-electron chi connectivity index (χ1n) is 9.48. The summed E-state index contributed by atoms with van der Waals surface area (Å²) in [5.74, 6) is 0.0820. The van der Waals surface area contributed by atoms with Gasteiger partial charge in [-0.3, -0.25) is 14.4 Å². The second-order valence-electron chi connectivity index (χ2n) is 6.71. The quantitative estimate of drug-likeness (QED) is 0.490. The molecule has 0 radical (unpaired) electrons. The molecule has 0 saturated carbocycles. The molecule has 1 atom stereocenters. The molecule has 0 fully saturated rings. The lowest BCUT2D eigenvalue weighted by Crippen LogP contribution is -2.32. The van der Waals surface area contributed by atoms with Crippen molar-refractivity contribution in [1.29, 1.82) is 0 Å². The Morgan fingerprint density at radius 2 is 1.90 bits per heavy atom. The standard InChI is InChI=1S/C22H23N3O4S/c1-15(26)25-19(20-8-4-10-30-20)12-21(27)23-13-16-5-2-6-17(11-16)22(28)24-14-18-7-3-9-29-18/h2-11,19H,12-14H2,1H3,(H,23,27)(H,24,28)(H,25,26). The van der Waals surface area contributed by atoms with Crippen molar-refractivity contribution >= 4 is 29.1 Å². The van der Waals surface area contributed by atoms with Gasteiger partial charge in [0.15, 0.2) is 0 Å². The summed E-state index contributed by atoms with van der Waals surface area (Å²) in [6.45, 7) is 2.02. The normalized spacial score (nSPS) is 11.5. The molecule has 8 heteroatoms. The molecule has 0 spiro atoms. The maximum absolute atomic E-state index is 12.4. The number of rotatable bonds is 9. The van der Waals surface area contributed by atoms with Crippen LogP contribution in [-0.2, 0) is 22.7 Å². The fraction of sp³-hybridized carbons (Fsp3) is 0.227. The molecule has 1 unspecified atom stereocenters. The highest BCUT2D eigenvalue weighted by Crippen LogP contribution is 2.22. The van der Waals surface area contributed by atoms with Gasteiger partial charge in [0.1, 0.15) is 5.76 Å². The van der Waals surface area contributed by atoms with Crippen molar-refractivity contribution in [2.45, 2.75) is 32.5 Å². The number of thiophene rings is 1. The van der Waals surface area contributed by atoms with E-state index in [4.69, 9.17) is 4.42 Å². The molecule has 156 valence electrons. The molecule has 0 saturated heterocycles. The monoisotopic (exact) mass is 425 g/mol. The lowest BCUT2D eigenvalue weighted by atomic mass is 10.1. The molecule has 0 bridgehead atoms. The minimum Gasteiger partial charge on any atom is -0.467 e. The van der Waals surface area contributed by atoms with Gasteiger partial charge >= 0.3 is 0 Å². The molecule has 0 aliphatic carbocycles. The molecule has 3 amide bonds. The van der Waals surface area contributed by atoms with Crippen LogP contribution >= 0.6 is 11.3 Å². The summed E-state index contributed by atoms with van der Waals surface area (Å²) in [6, 6.07) is 14.0. The van der Waals surface area contributed by atoms with Crippen LogP contribution in [0.15, 0.2) is 64.6 Å². The summed E-state index contributed by atoms with van der Waals surface area (Å²) < 4.78 is 5.20. The van der Waals surface area contributed by atoms with Crippen molar-refractivity contribution in [3.05, 3.63) is 81.9 Å². The van der Waals surface area contributed by atoms with Gasteiger partial charge in [-0.2, -0.15) is 0 Å². The number of carbonyl (C=O) groups excluding carboxylic acids is 3. The molecular formula is C22H23N3O4S. The Bertz CT molecular complexity index is 984. The number of benzene rings is 1. The summed E-state index contributed by atoms with van der Waals surface area (Å²) >= 11 is 1.49. The Morgan fingerprint density at radius 1 is 1.03 bits per heavy atom. The first-order chi connectivity index (χ1) is 14.5. The second-order valence-corrected chi connectivity index (χ2v) is 7.69. The number of furan rings is 1. The van der Waals surface area contributed by atoms with Crippen molar-refractivity contribution in [2.75, 3.05) is 0 Å². The lowest BCUT2D eigenvalue weighted by molar-refractivity contribution is -0.122. The summed E-state index contributed by atoms with van der Waals surface area (Å²) in [7, 11) is 0. The van der Waals surface area contributed by atoms with E-state index >= 15 is 0 Å². The molecule has 0 aliphatic heterocycles. The summed E-state index contributed by atoms with van der Waals surface area (Å²) in [4.78, 5) is 37.1. The summed E-state index contributed by atoms with van der Waals surface area (Å²) in [6.07, 6.45) is 1.70. The van der Waals surface area contributed by atoms with Crippen LogP contribution in [0.2, 0.25) is 0 Å². The Hall–Kier alpha value is -3.39. The second kappa shape index (κ2) is 10.4. The number of nitrogens with one attached hydrogen (secondary N) is 3. The number of hydrogen-bond donors (Lipinski definition) is 3. The van der Waals surface area contributed by atoms with Gasteiger partial charge in [0.25, 0.3) is 5.91 Å². The Labute approximate surface area is 178 Å². The molecule has 2 aromatic heterocycles. The van der Waals surface area contributed by atoms with E-state index in [0.29, 0.717) is 17.9 Å². The van der Waals surface area contributed by atoms with Crippen LogP contribution in [0.4, 0.5) is 0 Å². The van der Waals surface area contributed by atoms with E-state index in [-0.39, 0.29) is 36.7 Å². The average molecular weight is 426 g/mol. The molecule has 1 aromatic carbocycles. The van der Waals surface area contributed by atoms with Crippen molar-refractivity contribution in [1.82, 2.24) is 16.0 Å². The Kier molecular flexibility index (Phi) is 7.40. The fourth-order valence-electron chi connectivity index (χ4n) is 2.92. The maximum Gasteiger partial charge on any atom is 0.251 e. The van der Waals surface area contributed by atoms with E-state index in [9.17, 15) is 14.4 Å². The van der Waals surface area contributed by atoms with Gasteiger partial charge in [0.05, 0.1) is 25.3 Å². The highest BCUT2D eigenvalue weighted by molar-refractivity contribution is 7.10. The van der Waals surface area contributed by atoms with E-state index in [2.05, 4.69) is 16.0 Å². The minimum atomic E-state index is -0.360. The fourth-order valence-corrected chi connectivity index (χ4v) is 3.70. The first-order valence-corrected chi connectivity index (χ1v) is 10.4. The van der Waals surface area contributed by atoms with Gasteiger partial charge in [-0.05, 0) is 41.3 Å². The van der Waals surface area contributed by atoms with E-state index < -0.39 is 0 Å². The van der Waals surface area contributed by atoms with Gasteiger partial charge in [-0.1, -0.05) is 18.2 Å². The SMILES string of the molecule is CC(=O)NC(CC(=O)NCc1cccc(C(=O)NCc2ccco2)c1)c1cccs1. The van der Waals surface area contributed by atoms with Gasteiger partial charge < -0.3 is 20.4 Å². The van der Waals surface area contributed by atoms with Crippen LogP contribution in [0, 0.1) is 0 Å². The molecule has 3 aromatic rings. The molecule has 30 heavy (non-hydrogen) atoms. The predicted octanol–water partition coefficient (Wildman–Crippen LogP) is 3.15. The largest absolute Gasteiger partial charge is 0.467 e. The van der Waals surface area contributed by atoms with E-state index in [1.54, 1.807) is 36.6 Å². The van der Waals surface area contributed by atoms with E-state index in [0.717, 1.165) is 10.4 Å². The number of carbonyl (C=O) groups is 3. The maximum atomic E-state index is 12.4. The third-order valence-corrected chi connectivity index (χ3v) is 5.32. The van der Waals surface area contributed by atoms with Crippen LogP contribution in [0.1, 0.15) is 45.9 Å². The summed E-state index contributed by atoms with van der Waals surface area (Å²) in [5.41, 5.74) is 1.31. The van der Waals surface area contributed by atoms with Crippen LogP contribution in [0.25, 0.3) is 0 Å². The average Bonchev–Trinajstić information content (AvgIpc) is 3.44. The van der Waals surface area contributed by atoms with Crippen molar-refractivity contribution < 1.29 is 18.8 Å². The van der Waals surface area contributed by atoms with Gasteiger partial charge in [0.2, 0.25) is 11.8 Å². The van der Waals surface area contributed by atoms with Crippen LogP contribution in [0.3, 0.4) is 0 Å². The number of amides is 3. The first kappa shape index (κ1) is 21.3. The Balaban J connectivity index is 1.53. The molecule has 3 N–H and O–H groups in total. The van der Waals surface area contributed by atoms with Crippen molar-refractivity contribution in [2.24, 2.45) is 0 Å². The molecular weight excluding hydrogens is 402 g/mol. The molecule has 7 nitrogen and oxygen atoms in total. The van der Waals surface area contributed by atoms with E-state index in [1.807, 2.05) is 23.6 Å². The predicted molar refractivity (Wildman–Crippen MR) is 114 cm³/mol. The zero-order valence-corrected chi connectivity index (χ0v) is 17.3. The van der Waals surface area contributed by atoms with Crippen LogP contribution < -0.4 is 16.0 Å². The van der Waals surface area contributed by atoms with Gasteiger partial charge in [-0.15, -0.1) is 11.3 Å². The van der Waals surface area contributed by atoms with Crippen molar-refractivity contribution in [3.8, 4) is 0 Å². The van der Waals surface area contributed by atoms with Crippen molar-refractivity contribution in [3.63, 3.8) is 0 Å². The van der Waals surface area contributed by atoms with Crippen LogP contribution in [0.5, 0.6) is 0 Å². The molecule has 2 heterocycles. The zero-order valence-electron chi connectivity index (χ0n) is 16.5. The summed E-state index contributed by atoms with van der Waals surface area (Å²) in [5, 5.41) is 10.4. The van der Waals surface area contributed by atoms with Gasteiger partial charge in [-0.25, -0.2) is 0 Å². The smallest absolute Gasteiger partial charge is 0.251 e. The third-order valence-electron chi connectivity index (χ3n) is 4.34.